The monoisotopic (exact) mass is 289 g/mol. The topological polar surface area (TPSA) is 79.8 Å². The summed E-state index contributed by atoms with van der Waals surface area (Å²) in [6.45, 7) is 2.33. The number of aromatic nitrogens is 3. The molecule has 2 aromatic rings. The second-order valence-corrected chi connectivity index (χ2v) is 5.65. The molecule has 1 fully saturated rings. The highest BCUT2D eigenvalue weighted by Gasteiger charge is 2.22. The molecule has 2 N–H and O–H groups in total. The Balaban J connectivity index is 1.59. The van der Waals surface area contributed by atoms with Crippen LogP contribution in [-0.4, -0.2) is 34.2 Å². The summed E-state index contributed by atoms with van der Waals surface area (Å²) in [4.78, 5) is 16.2. The van der Waals surface area contributed by atoms with E-state index in [9.17, 15) is 4.79 Å². The number of nitrogens with zero attached hydrogens (tertiary/aromatic N) is 3. The Morgan fingerprint density at radius 1 is 1.45 bits per heavy atom. The van der Waals surface area contributed by atoms with Crippen molar-refractivity contribution in [1.29, 1.82) is 0 Å². The summed E-state index contributed by atoms with van der Waals surface area (Å²) in [7, 11) is 0. The van der Waals surface area contributed by atoms with Crippen molar-refractivity contribution < 1.29 is 4.79 Å². The van der Waals surface area contributed by atoms with Gasteiger partial charge in [0.15, 0.2) is 0 Å². The van der Waals surface area contributed by atoms with E-state index in [4.69, 9.17) is 0 Å². The van der Waals surface area contributed by atoms with E-state index in [1.54, 1.807) is 6.20 Å². The number of hydrogen-bond donors (Lipinski definition) is 2. The van der Waals surface area contributed by atoms with Crippen molar-refractivity contribution >= 4 is 17.2 Å². The zero-order valence-corrected chi connectivity index (χ0v) is 11.7. The van der Waals surface area contributed by atoms with Crippen LogP contribution in [0.4, 0.5) is 0 Å². The van der Waals surface area contributed by atoms with Crippen LogP contribution < -0.4 is 10.6 Å². The largest absolute Gasteiger partial charge is 0.344 e. The van der Waals surface area contributed by atoms with Gasteiger partial charge in [-0.2, -0.15) is 0 Å². The molecular weight excluding hydrogens is 274 g/mol. The zero-order chi connectivity index (χ0) is 13.8. The first-order valence-corrected chi connectivity index (χ1v) is 7.37. The van der Waals surface area contributed by atoms with Crippen molar-refractivity contribution in [2.45, 2.75) is 18.9 Å². The summed E-state index contributed by atoms with van der Waals surface area (Å²) in [6.07, 6.45) is 2.77. The molecule has 20 heavy (non-hydrogen) atoms. The van der Waals surface area contributed by atoms with Crippen molar-refractivity contribution in [2.24, 2.45) is 0 Å². The van der Waals surface area contributed by atoms with Crippen molar-refractivity contribution in [2.75, 3.05) is 13.1 Å². The Labute approximate surface area is 120 Å². The average molecular weight is 289 g/mol. The van der Waals surface area contributed by atoms with E-state index >= 15 is 0 Å². The molecule has 1 atom stereocenters. The third kappa shape index (κ3) is 3.00. The van der Waals surface area contributed by atoms with E-state index in [1.165, 1.54) is 11.3 Å². The van der Waals surface area contributed by atoms with E-state index < -0.39 is 0 Å². The van der Waals surface area contributed by atoms with Gasteiger partial charge in [0.05, 0.1) is 12.2 Å². The second kappa shape index (κ2) is 6.06. The van der Waals surface area contributed by atoms with Gasteiger partial charge >= 0.3 is 0 Å². The van der Waals surface area contributed by atoms with Gasteiger partial charge < -0.3 is 10.6 Å². The van der Waals surface area contributed by atoms with Crippen LogP contribution in [0.1, 0.15) is 32.8 Å². The van der Waals surface area contributed by atoms with E-state index in [0.717, 1.165) is 30.2 Å². The molecule has 104 valence electrons. The van der Waals surface area contributed by atoms with Crippen molar-refractivity contribution in [3.8, 4) is 0 Å². The molecule has 1 aliphatic rings. The maximum atomic E-state index is 12.0. The highest BCUT2D eigenvalue weighted by molar-refractivity contribution is 7.13. The number of pyridine rings is 1. The maximum Gasteiger partial charge on any atom is 0.282 e. The van der Waals surface area contributed by atoms with Crippen LogP contribution in [0, 0.1) is 0 Å². The van der Waals surface area contributed by atoms with Crippen LogP contribution in [0.2, 0.25) is 0 Å². The first kappa shape index (κ1) is 13.1. The van der Waals surface area contributed by atoms with Gasteiger partial charge in [0.1, 0.15) is 5.01 Å². The SMILES string of the molecule is O=C(NCc1ccccn1)c1nnc(C2CCNC2)s1. The van der Waals surface area contributed by atoms with Gasteiger partial charge in [-0.15, -0.1) is 10.2 Å². The predicted molar refractivity (Wildman–Crippen MR) is 75.5 cm³/mol. The lowest BCUT2D eigenvalue weighted by Gasteiger charge is -2.02. The molecule has 6 nitrogen and oxygen atoms in total. The van der Waals surface area contributed by atoms with Crippen molar-refractivity contribution in [1.82, 2.24) is 25.8 Å². The first-order valence-electron chi connectivity index (χ1n) is 6.55. The fourth-order valence-electron chi connectivity index (χ4n) is 2.11. The first-order chi connectivity index (χ1) is 9.83. The van der Waals surface area contributed by atoms with Gasteiger partial charge in [-0.05, 0) is 25.1 Å². The van der Waals surface area contributed by atoms with Gasteiger partial charge in [-0.1, -0.05) is 17.4 Å². The molecule has 0 aliphatic carbocycles. The standard InChI is InChI=1S/C13H15N5OS/c19-11(16-8-10-3-1-2-5-15-10)13-18-17-12(20-13)9-4-6-14-7-9/h1-3,5,9,14H,4,6-8H2,(H,16,19). The third-order valence-corrected chi connectivity index (χ3v) is 4.29. The molecule has 1 amide bonds. The fraction of sp³-hybridized carbons (Fsp3) is 0.385. The average Bonchev–Trinajstić information content (AvgIpc) is 3.16. The molecule has 1 aliphatic heterocycles. The van der Waals surface area contributed by atoms with E-state index in [-0.39, 0.29) is 5.91 Å². The Morgan fingerprint density at radius 3 is 3.15 bits per heavy atom. The van der Waals surface area contributed by atoms with E-state index in [0.29, 0.717) is 17.5 Å². The van der Waals surface area contributed by atoms with Crippen molar-refractivity contribution in [3.05, 3.63) is 40.1 Å². The lowest BCUT2D eigenvalue weighted by molar-refractivity contribution is 0.0949. The number of hydrogen-bond acceptors (Lipinski definition) is 6. The van der Waals surface area contributed by atoms with Gasteiger partial charge in [-0.3, -0.25) is 9.78 Å². The number of carbonyl (C=O) groups is 1. The minimum absolute atomic E-state index is 0.189. The van der Waals surface area contributed by atoms with E-state index in [2.05, 4.69) is 25.8 Å². The maximum absolute atomic E-state index is 12.0. The van der Waals surface area contributed by atoms with Crippen LogP contribution in [0.3, 0.4) is 0 Å². The van der Waals surface area contributed by atoms with Crippen LogP contribution >= 0.6 is 11.3 Å². The molecule has 0 spiro atoms. The highest BCUT2D eigenvalue weighted by atomic mass is 32.1. The summed E-state index contributed by atoms with van der Waals surface area (Å²) >= 11 is 1.38. The highest BCUT2D eigenvalue weighted by Crippen LogP contribution is 2.25. The van der Waals surface area contributed by atoms with Gasteiger partial charge in [0, 0.05) is 18.7 Å². The summed E-state index contributed by atoms with van der Waals surface area (Å²) in [5.41, 5.74) is 0.825. The summed E-state index contributed by atoms with van der Waals surface area (Å²) in [5, 5.41) is 15.6. The molecule has 7 heteroatoms. The molecule has 0 radical (unpaired) electrons. The molecule has 2 aromatic heterocycles. The zero-order valence-electron chi connectivity index (χ0n) is 10.9. The Kier molecular flexibility index (Phi) is 3.98. The van der Waals surface area contributed by atoms with Gasteiger partial charge in [-0.25, -0.2) is 0 Å². The smallest absolute Gasteiger partial charge is 0.282 e. The summed E-state index contributed by atoms with van der Waals surface area (Å²) < 4.78 is 0. The Morgan fingerprint density at radius 2 is 2.40 bits per heavy atom. The van der Waals surface area contributed by atoms with Crippen LogP contribution in [0.5, 0.6) is 0 Å². The van der Waals surface area contributed by atoms with Gasteiger partial charge in [0.2, 0.25) is 5.01 Å². The molecule has 0 aromatic carbocycles. The van der Waals surface area contributed by atoms with Crippen LogP contribution in [0.15, 0.2) is 24.4 Å². The summed E-state index contributed by atoms with van der Waals surface area (Å²) in [5.74, 6) is 0.204. The molecule has 3 rings (SSSR count). The fourth-order valence-corrected chi connectivity index (χ4v) is 3.00. The lowest BCUT2D eigenvalue weighted by Crippen LogP contribution is -2.23. The van der Waals surface area contributed by atoms with E-state index in [1.807, 2.05) is 18.2 Å². The van der Waals surface area contributed by atoms with Crippen LogP contribution in [0.25, 0.3) is 0 Å². The normalized spacial score (nSPS) is 18.1. The minimum atomic E-state index is -0.189. The predicted octanol–water partition coefficient (Wildman–Crippen LogP) is 0.940. The molecule has 1 saturated heterocycles. The molecule has 0 bridgehead atoms. The Bertz CT molecular complexity index is 579. The second-order valence-electron chi connectivity index (χ2n) is 4.64. The van der Waals surface area contributed by atoms with Gasteiger partial charge in [0.25, 0.3) is 5.91 Å². The third-order valence-electron chi connectivity index (χ3n) is 3.20. The van der Waals surface area contributed by atoms with Crippen LogP contribution in [-0.2, 0) is 6.54 Å². The number of carbonyl (C=O) groups excluding carboxylic acids is 1. The molecule has 0 saturated carbocycles. The molecule has 3 heterocycles. The summed E-state index contributed by atoms with van der Waals surface area (Å²) in [6, 6.07) is 5.61. The minimum Gasteiger partial charge on any atom is -0.344 e. The molecule has 1 unspecified atom stereocenters. The number of rotatable bonds is 4. The Hall–Kier alpha value is -1.86. The number of nitrogens with one attached hydrogen (secondary N) is 2. The lowest BCUT2D eigenvalue weighted by atomic mass is 10.1. The number of amides is 1. The quantitative estimate of drug-likeness (QED) is 0.875. The molecular formula is C13H15N5OS. The van der Waals surface area contributed by atoms with Crippen molar-refractivity contribution in [3.63, 3.8) is 0 Å².